The molecule has 6 aromatic rings. The fraction of sp³-hybridized carbons (Fsp3) is 0.512. The topological polar surface area (TPSA) is 450 Å². The molecule has 2 spiro atoms. The molecule has 2 unspecified atom stereocenters. The highest BCUT2D eigenvalue weighted by Gasteiger charge is 2.53. The van der Waals surface area contributed by atoms with Gasteiger partial charge >= 0.3 is 0 Å². The summed E-state index contributed by atoms with van der Waals surface area (Å²) in [5, 5.41) is 22.3. The molecule has 10 fully saturated rings. The van der Waals surface area contributed by atoms with Crippen LogP contribution < -0.4 is 57.7 Å². The zero-order valence-corrected chi connectivity index (χ0v) is 65.5. The number of nitrogens with one attached hydrogen (secondary N) is 5. The Bertz CT molecular complexity index is 5010. The van der Waals surface area contributed by atoms with E-state index in [-0.39, 0.29) is 94.2 Å². The number of carbonyl (C=O) groups excluding carboxylic acids is 13. The van der Waals surface area contributed by atoms with E-state index in [0.717, 1.165) is 164 Å². The van der Waals surface area contributed by atoms with Crippen LogP contribution in [0.15, 0.2) is 73.6 Å². The van der Waals surface area contributed by atoms with E-state index in [1.54, 1.807) is 83.9 Å². The molecule has 37 nitrogen and oxygen atoms in total. The highest BCUT2D eigenvalue weighted by Crippen LogP contribution is 2.46. The van der Waals surface area contributed by atoms with Crippen LogP contribution in [0.5, 0.6) is 0 Å². The molecule has 12 aliphatic heterocycles. The molecule has 4 aromatic heterocycles. The number of primary amides is 2. The number of hydrogen-bond donors (Lipinski definition) is 7. The molecule has 16 heterocycles. The molecule has 37 heteroatoms. The Kier molecular flexibility index (Phi) is 21.9. The lowest BCUT2D eigenvalue weighted by atomic mass is 9.76. The van der Waals surface area contributed by atoms with Gasteiger partial charge in [0.2, 0.25) is 35.4 Å². The fourth-order valence-electron chi connectivity index (χ4n) is 19.0. The molecule has 12 aliphatic rings. The number of rotatable bonds is 15. The van der Waals surface area contributed by atoms with Crippen LogP contribution in [0, 0.1) is 10.8 Å². The third-order valence-corrected chi connectivity index (χ3v) is 25.5. The lowest BCUT2D eigenvalue weighted by Gasteiger charge is -2.45. The number of likely N-dealkylation sites (tertiary alicyclic amines) is 3. The minimum absolute atomic E-state index is 0.0480. The van der Waals surface area contributed by atoms with E-state index in [1.165, 1.54) is 0 Å². The van der Waals surface area contributed by atoms with Crippen LogP contribution in [0.4, 0.5) is 46.0 Å². The number of nitrogens with two attached hydrogens (primary N) is 2. The van der Waals surface area contributed by atoms with Gasteiger partial charge in [0, 0.05) is 147 Å². The number of benzene rings is 2. The number of aryl methyl sites for hydroxylation is 2. The molecule has 18 rings (SSSR count). The molecular formula is C80H96N24O13. The molecule has 10 saturated heterocycles. The summed E-state index contributed by atoms with van der Waals surface area (Å²) in [7, 11) is 3.61. The molecule has 0 bridgehead atoms. The number of ketones is 1. The number of nitrogens with zero attached hydrogens (tertiary/aromatic N) is 17. The summed E-state index contributed by atoms with van der Waals surface area (Å²) >= 11 is 0. The van der Waals surface area contributed by atoms with Gasteiger partial charge in [0.05, 0.1) is 69.2 Å². The lowest BCUT2D eigenvalue weighted by molar-refractivity contribution is -0.141. The van der Waals surface area contributed by atoms with Crippen molar-refractivity contribution in [1.29, 1.82) is 0 Å². The van der Waals surface area contributed by atoms with Crippen molar-refractivity contribution in [2.45, 2.75) is 146 Å². The molecule has 2 aromatic carbocycles. The predicted molar refractivity (Wildman–Crippen MR) is 423 cm³/mol. The Morgan fingerprint density at radius 2 is 0.889 bits per heavy atom. The summed E-state index contributed by atoms with van der Waals surface area (Å²) in [5.74, 6) is -2.71. The highest BCUT2D eigenvalue weighted by atomic mass is 16.2. The molecule has 12 amide bonds. The van der Waals surface area contributed by atoms with Crippen molar-refractivity contribution in [3.05, 3.63) is 107 Å². The Balaban J connectivity index is 0.000000146. The van der Waals surface area contributed by atoms with E-state index in [0.29, 0.717) is 85.4 Å². The van der Waals surface area contributed by atoms with Gasteiger partial charge < -0.3 is 61.7 Å². The molecule has 4 atom stereocenters. The first-order valence-corrected chi connectivity index (χ1v) is 40.5. The van der Waals surface area contributed by atoms with Crippen LogP contribution in [0.1, 0.15) is 178 Å². The van der Waals surface area contributed by atoms with Crippen LogP contribution >= 0.6 is 0 Å². The van der Waals surface area contributed by atoms with Crippen LogP contribution in [0.2, 0.25) is 0 Å². The number of carbonyl (C=O) groups is 13. The number of Topliss-reactive ketones (excluding diaryl/α,β-unsaturated/α-hetero) is 1. The van der Waals surface area contributed by atoms with Gasteiger partial charge in [-0.1, -0.05) is 0 Å². The maximum Gasteiger partial charge on any atom is 0.271 e. The second-order valence-electron chi connectivity index (χ2n) is 32.6. The maximum absolute atomic E-state index is 14.3. The summed E-state index contributed by atoms with van der Waals surface area (Å²) in [4.78, 5) is 198. The molecule has 117 heavy (non-hydrogen) atoms. The van der Waals surface area contributed by atoms with E-state index in [4.69, 9.17) is 16.5 Å². The summed E-state index contributed by atoms with van der Waals surface area (Å²) in [6.45, 7) is 10.9. The smallest absolute Gasteiger partial charge is 0.271 e. The standard InChI is InChI=1S/C40H48N12O6.C22H31N9O2.C18H17N3O5/c1-47-22-24(20-43-47)44-35-33(34(41)54)42-21-31(45-35)50-13-2-3-27(23-50)51-18-12-40(39(51)58)10-16-49(17-11-40)25-8-14-48(15-9-25)26-4-5-28-29(19-26)38(57)52(37(28)56)30-6-7-32(53)46-36(30)55;1-29-13-15(11-26-29)27-20-18(19(23)32)25-12-17(28-20)30-9-2-3-16(14-30)31-10-6-22(21(31)33)4-7-24-8-5-22;22-11-5-7-20(8-6-11)10-1-2-12-13(9-10)18(26)21(17(12)25)14-3-4-15(23)19-16(14)24/h4-5,19-22,25,27,30H,2-3,6-18,23H2,1H3,(H2,41,54)(H,44,45)(H,46,53,55);11-13,16,24H,2-10,14H2,1H3,(H2,23,32)(H,27,28);1-2,9,14H,3-8H2,(H,19,23,24)/t27-,30?;16-;/m11./s1. The third kappa shape index (κ3) is 15.7. The largest absolute Gasteiger partial charge is 0.371 e. The number of piperidine rings is 8. The number of fused-ring (bicyclic) bond motifs is 2. The first kappa shape index (κ1) is 78.7. The van der Waals surface area contributed by atoms with Gasteiger partial charge in [0.1, 0.15) is 29.5 Å². The van der Waals surface area contributed by atoms with E-state index in [9.17, 15) is 62.3 Å². The average molecular weight is 1600 g/mol. The number of aromatic nitrogens is 8. The van der Waals surface area contributed by atoms with E-state index in [1.807, 2.05) is 18.0 Å². The summed E-state index contributed by atoms with van der Waals surface area (Å²) in [6, 6.07) is 8.98. The first-order valence-electron chi connectivity index (χ1n) is 40.5. The average Bonchev–Trinajstić information content (AvgIpc) is 1.62. The zero-order valence-electron chi connectivity index (χ0n) is 65.5. The fourth-order valence-corrected chi connectivity index (χ4v) is 19.0. The van der Waals surface area contributed by atoms with Crippen LogP contribution in [0.3, 0.4) is 0 Å². The van der Waals surface area contributed by atoms with Gasteiger partial charge in [0.25, 0.3) is 35.4 Å². The lowest BCUT2D eigenvalue weighted by Crippen LogP contribution is -2.54. The first-order chi connectivity index (χ1) is 56.4. The van der Waals surface area contributed by atoms with Crippen LogP contribution in [0.25, 0.3) is 0 Å². The summed E-state index contributed by atoms with van der Waals surface area (Å²) in [6.07, 6.45) is 22.4. The van der Waals surface area contributed by atoms with Gasteiger partial charge in [0.15, 0.2) is 23.0 Å². The van der Waals surface area contributed by atoms with Gasteiger partial charge in [-0.25, -0.2) is 19.9 Å². The Morgan fingerprint density at radius 1 is 0.462 bits per heavy atom. The van der Waals surface area contributed by atoms with Crippen LogP contribution in [-0.4, -0.2) is 263 Å². The van der Waals surface area contributed by atoms with Crippen molar-refractivity contribution in [3.8, 4) is 0 Å². The molecule has 0 saturated carbocycles. The SMILES string of the molecule is Cn1cc(Nc2nc(N3CCC[C@@H](N4CCC5(CCN(C6CCN(c7ccc8c(c7)C(=O)N(C7CCC(=O)NC7=O)C8=O)CC6)CC5)C4=O)C3)cnc2C(N)=O)cn1.Cn1cc(Nc2nc(N3CCC[C@@H](N4CCC5(CCNCC5)C4=O)C3)cnc2C(N)=O)cn1.O=C1CCN(c2ccc3c(c2)C(=O)N(C2CCC(=O)NC2=O)C3=O)CC1. The Hall–Kier alpha value is -12.2. The van der Waals surface area contributed by atoms with E-state index in [2.05, 4.69) is 81.1 Å². The quantitative estimate of drug-likeness (QED) is 0.0725. The minimum atomic E-state index is -0.987. The van der Waals surface area contributed by atoms with Crippen molar-refractivity contribution in [1.82, 2.24) is 79.9 Å². The second-order valence-corrected chi connectivity index (χ2v) is 32.6. The Labute approximate surface area is 673 Å². The van der Waals surface area contributed by atoms with Crippen LogP contribution in [-0.2, 0) is 47.7 Å². The molecule has 0 radical (unpaired) electrons. The predicted octanol–water partition coefficient (Wildman–Crippen LogP) is 2.29. The second kappa shape index (κ2) is 32.5. The maximum atomic E-state index is 14.3. The number of imide groups is 4. The summed E-state index contributed by atoms with van der Waals surface area (Å²) < 4.78 is 3.30. The number of amides is 12. The molecular weight excluding hydrogens is 1510 g/mol. The van der Waals surface area contributed by atoms with Crippen molar-refractivity contribution in [3.63, 3.8) is 0 Å². The normalized spacial score (nSPS) is 23.6. The molecule has 614 valence electrons. The molecule has 9 N–H and O–H groups in total. The minimum Gasteiger partial charge on any atom is -0.371 e. The van der Waals surface area contributed by atoms with Gasteiger partial charge in [-0.3, -0.25) is 92.1 Å². The van der Waals surface area contributed by atoms with E-state index < -0.39 is 71.2 Å². The zero-order chi connectivity index (χ0) is 81.7. The van der Waals surface area contributed by atoms with Crippen molar-refractivity contribution < 1.29 is 62.3 Å². The monoisotopic (exact) mass is 1600 g/mol. The highest BCUT2D eigenvalue weighted by molar-refractivity contribution is 6.25. The number of hydrogen-bond acceptors (Lipinski definition) is 27. The van der Waals surface area contributed by atoms with Crippen molar-refractivity contribution in [2.24, 2.45) is 36.4 Å². The Morgan fingerprint density at radius 3 is 1.32 bits per heavy atom. The van der Waals surface area contributed by atoms with Gasteiger partial charge in [-0.05, 0) is 152 Å². The molecule has 0 aliphatic carbocycles. The van der Waals surface area contributed by atoms with Crippen molar-refractivity contribution >= 4 is 123 Å². The number of anilines is 8. The summed E-state index contributed by atoms with van der Waals surface area (Å²) in [5.41, 5.74) is 14.9. The third-order valence-electron chi connectivity index (χ3n) is 25.5. The van der Waals surface area contributed by atoms with Crippen molar-refractivity contribution in [2.75, 3.05) is 122 Å². The van der Waals surface area contributed by atoms with Gasteiger partial charge in [-0.2, -0.15) is 10.2 Å². The van der Waals surface area contributed by atoms with Gasteiger partial charge in [-0.15, -0.1) is 0 Å². The van der Waals surface area contributed by atoms with E-state index >= 15 is 0 Å².